The summed E-state index contributed by atoms with van der Waals surface area (Å²) in [5.41, 5.74) is 1.83. The average molecular weight is 325 g/mol. The van der Waals surface area contributed by atoms with Crippen LogP contribution in [0.3, 0.4) is 0 Å². The van der Waals surface area contributed by atoms with E-state index in [2.05, 4.69) is 51.3 Å². The monoisotopic (exact) mass is 324 g/mol. The van der Waals surface area contributed by atoms with E-state index in [1.807, 2.05) is 0 Å². The first-order valence-corrected chi connectivity index (χ1v) is 9.20. The molecule has 4 aliphatic heterocycles. The van der Waals surface area contributed by atoms with Crippen LogP contribution in [-0.2, 0) is 9.47 Å². The molecule has 4 aliphatic rings. The Balaban J connectivity index is 0.000000136. The first-order chi connectivity index (χ1) is 10.5. The van der Waals surface area contributed by atoms with Gasteiger partial charge in [0.2, 0.25) is 0 Å². The molecule has 0 saturated carbocycles. The van der Waals surface area contributed by atoms with Crippen molar-refractivity contribution in [2.75, 3.05) is 52.6 Å². The Morgan fingerprint density at radius 2 is 1.09 bits per heavy atom. The molecule has 0 aromatic rings. The maximum atomic E-state index is 5.29. The van der Waals surface area contributed by atoms with Crippen LogP contribution in [0.4, 0.5) is 0 Å². The molecule has 0 aromatic carbocycles. The Morgan fingerprint density at radius 3 is 1.35 bits per heavy atom. The van der Waals surface area contributed by atoms with Gasteiger partial charge >= 0.3 is 0 Å². The van der Waals surface area contributed by atoms with Gasteiger partial charge in [-0.3, -0.25) is 9.80 Å². The van der Waals surface area contributed by atoms with Crippen LogP contribution in [0.2, 0.25) is 0 Å². The largest absolute Gasteiger partial charge is 0.380 e. The van der Waals surface area contributed by atoms with E-state index in [0.29, 0.717) is 21.9 Å². The minimum atomic E-state index is 0.346. The highest BCUT2D eigenvalue weighted by Crippen LogP contribution is 2.41. The first-order valence-electron chi connectivity index (χ1n) is 9.20. The third-order valence-electron chi connectivity index (χ3n) is 6.02. The van der Waals surface area contributed by atoms with E-state index in [4.69, 9.17) is 9.47 Å². The van der Waals surface area contributed by atoms with Crippen LogP contribution in [0.5, 0.6) is 0 Å². The molecule has 4 rings (SSSR count). The van der Waals surface area contributed by atoms with Gasteiger partial charge < -0.3 is 9.47 Å². The standard InChI is InChI=1S/C10H19NO.C9H17NO/c1-9(2,3)11-5-4-10(6-11)7-12-8-10;1-8(2,3)10-4-9(5-10)6-11-7-9/h4-8H2,1-3H3;4-7H2,1-3H3. The molecule has 0 aromatic heterocycles. The molecule has 0 aliphatic carbocycles. The highest BCUT2D eigenvalue weighted by molar-refractivity contribution is 5.03. The van der Waals surface area contributed by atoms with Crippen molar-refractivity contribution in [2.24, 2.45) is 10.8 Å². The van der Waals surface area contributed by atoms with Crippen molar-refractivity contribution in [3.8, 4) is 0 Å². The molecule has 4 fully saturated rings. The maximum Gasteiger partial charge on any atom is 0.0569 e. The van der Waals surface area contributed by atoms with Gasteiger partial charge in [0.05, 0.1) is 26.4 Å². The Labute approximate surface area is 142 Å². The predicted octanol–water partition coefficient (Wildman–Crippen LogP) is 2.62. The Morgan fingerprint density at radius 1 is 0.652 bits per heavy atom. The highest BCUT2D eigenvalue weighted by Gasteiger charge is 2.51. The van der Waals surface area contributed by atoms with Gasteiger partial charge in [-0.15, -0.1) is 0 Å². The van der Waals surface area contributed by atoms with E-state index < -0.39 is 0 Å². The van der Waals surface area contributed by atoms with E-state index in [1.165, 1.54) is 32.6 Å². The van der Waals surface area contributed by atoms with Crippen LogP contribution < -0.4 is 0 Å². The summed E-state index contributed by atoms with van der Waals surface area (Å²) in [6.07, 6.45) is 1.34. The summed E-state index contributed by atoms with van der Waals surface area (Å²) in [4.78, 5) is 5.10. The van der Waals surface area contributed by atoms with Crippen molar-refractivity contribution in [1.29, 1.82) is 0 Å². The van der Waals surface area contributed by atoms with Crippen LogP contribution in [0.15, 0.2) is 0 Å². The molecule has 0 N–H and O–H groups in total. The molecule has 4 nitrogen and oxygen atoms in total. The molecular formula is C19H36N2O2. The minimum Gasteiger partial charge on any atom is -0.380 e. The van der Waals surface area contributed by atoms with E-state index in [-0.39, 0.29) is 0 Å². The first kappa shape index (κ1) is 17.7. The Bertz CT molecular complexity index is 420. The quantitative estimate of drug-likeness (QED) is 0.684. The maximum absolute atomic E-state index is 5.29. The van der Waals surface area contributed by atoms with Crippen LogP contribution in [0.25, 0.3) is 0 Å². The molecule has 4 heteroatoms. The van der Waals surface area contributed by atoms with Crippen LogP contribution in [0, 0.1) is 10.8 Å². The summed E-state index contributed by atoms with van der Waals surface area (Å²) >= 11 is 0. The Kier molecular flexibility index (Phi) is 4.37. The summed E-state index contributed by atoms with van der Waals surface area (Å²) in [6, 6.07) is 0. The second kappa shape index (κ2) is 5.69. The number of hydrogen-bond acceptors (Lipinski definition) is 4. The van der Waals surface area contributed by atoms with Crippen LogP contribution in [0.1, 0.15) is 48.0 Å². The van der Waals surface area contributed by atoms with Gasteiger partial charge in [0.15, 0.2) is 0 Å². The summed E-state index contributed by atoms with van der Waals surface area (Å²) in [7, 11) is 0. The van der Waals surface area contributed by atoms with Gasteiger partial charge in [-0.05, 0) is 54.5 Å². The molecule has 0 bridgehead atoms. The van der Waals surface area contributed by atoms with E-state index in [1.54, 1.807) is 0 Å². The van der Waals surface area contributed by atoms with Crippen LogP contribution >= 0.6 is 0 Å². The van der Waals surface area contributed by atoms with Crippen molar-refractivity contribution >= 4 is 0 Å². The minimum absolute atomic E-state index is 0.346. The van der Waals surface area contributed by atoms with E-state index >= 15 is 0 Å². The normalized spacial score (nSPS) is 29.5. The zero-order valence-corrected chi connectivity index (χ0v) is 16.1. The molecule has 134 valence electrons. The predicted molar refractivity (Wildman–Crippen MR) is 93.8 cm³/mol. The Hall–Kier alpha value is -0.160. The van der Waals surface area contributed by atoms with Crippen LogP contribution in [-0.4, -0.2) is 73.5 Å². The lowest BCUT2D eigenvalue weighted by Gasteiger charge is -2.59. The average Bonchev–Trinajstić information content (AvgIpc) is 2.67. The van der Waals surface area contributed by atoms with Gasteiger partial charge in [-0.1, -0.05) is 0 Å². The molecule has 4 saturated heterocycles. The molecule has 23 heavy (non-hydrogen) atoms. The molecule has 2 spiro atoms. The number of nitrogens with zero attached hydrogens (tertiary/aromatic N) is 2. The van der Waals surface area contributed by atoms with Gasteiger partial charge in [0.1, 0.15) is 0 Å². The highest BCUT2D eigenvalue weighted by atomic mass is 16.5. The van der Waals surface area contributed by atoms with Gasteiger partial charge in [0.25, 0.3) is 0 Å². The summed E-state index contributed by atoms with van der Waals surface area (Å²) < 4.78 is 10.5. The summed E-state index contributed by atoms with van der Waals surface area (Å²) in [5.74, 6) is 0. The zero-order chi connectivity index (χ0) is 16.9. The SMILES string of the molecule is CC(C)(C)N1CC2(COC2)C1.CC(C)(C)N1CCC2(COC2)C1. The number of ether oxygens (including phenoxy) is 2. The second-order valence-corrected chi connectivity index (χ2v) is 10.4. The second-order valence-electron chi connectivity index (χ2n) is 10.4. The van der Waals surface area contributed by atoms with Gasteiger partial charge in [-0.25, -0.2) is 0 Å². The molecule has 0 atom stereocenters. The van der Waals surface area contributed by atoms with Crippen molar-refractivity contribution in [3.05, 3.63) is 0 Å². The third-order valence-corrected chi connectivity index (χ3v) is 6.02. The third kappa shape index (κ3) is 3.60. The molecule has 4 heterocycles. The molecule has 0 amide bonds. The van der Waals surface area contributed by atoms with Gasteiger partial charge in [-0.2, -0.15) is 0 Å². The van der Waals surface area contributed by atoms with Crippen molar-refractivity contribution in [1.82, 2.24) is 9.80 Å². The lowest BCUT2D eigenvalue weighted by Crippen LogP contribution is -2.69. The van der Waals surface area contributed by atoms with Crippen molar-refractivity contribution < 1.29 is 9.47 Å². The lowest BCUT2D eigenvalue weighted by molar-refractivity contribution is -0.207. The fourth-order valence-electron chi connectivity index (χ4n) is 3.95. The van der Waals surface area contributed by atoms with E-state index in [0.717, 1.165) is 26.4 Å². The van der Waals surface area contributed by atoms with Gasteiger partial charge in [0, 0.05) is 41.5 Å². The molecule has 0 unspecified atom stereocenters. The summed E-state index contributed by atoms with van der Waals surface area (Å²) in [6.45, 7) is 22.7. The fourth-order valence-corrected chi connectivity index (χ4v) is 3.95. The zero-order valence-electron chi connectivity index (χ0n) is 16.1. The molecular weight excluding hydrogens is 288 g/mol. The fraction of sp³-hybridized carbons (Fsp3) is 1.00. The topological polar surface area (TPSA) is 24.9 Å². The number of hydrogen-bond donors (Lipinski definition) is 0. The molecule has 0 radical (unpaired) electrons. The number of likely N-dealkylation sites (tertiary alicyclic amines) is 2. The number of rotatable bonds is 0. The smallest absolute Gasteiger partial charge is 0.0569 e. The van der Waals surface area contributed by atoms with Crippen molar-refractivity contribution in [2.45, 2.75) is 59.0 Å². The van der Waals surface area contributed by atoms with Crippen molar-refractivity contribution in [3.63, 3.8) is 0 Å². The summed E-state index contributed by atoms with van der Waals surface area (Å²) in [5, 5.41) is 0. The lowest BCUT2D eigenvalue weighted by atomic mass is 9.75. The van der Waals surface area contributed by atoms with E-state index in [9.17, 15) is 0 Å².